The minimum atomic E-state index is -6.03. The summed E-state index contributed by atoms with van der Waals surface area (Å²) in [5, 5.41) is 25.0. The SMILES string of the molecule is Nc1ccc(C(=O)NCc2cc(C(c3ccc(O)c(NC(=O)c4ccc(N)cc4)c3)(C(F)(F)F)C(F)(F)F)ccc2O)cc1. The number of hydrogen-bond acceptors (Lipinski definition) is 6. The van der Waals surface area contributed by atoms with E-state index < -0.39 is 70.0 Å². The molecule has 0 atom stereocenters. The molecule has 2 amide bonds. The van der Waals surface area contributed by atoms with Crippen molar-refractivity contribution in [2.24, 2.45) is 0 Å². The maximum absolute atomic E-state index is 14.8. The highest BCUT2D eigenvalue weighted by atomic mass is 19.4. The first kappa shape index (κ1) is 31.5. The molecule has 8 nitrogen and oxygen atoms in total. The van der Waals surface area contributed by atoms with Gasteiger partial charge in [-0.2, -0.15) is 26.3 Å². The molecule has 0 saturated carbocycles. The molecule has 0 aliphatic rings. The minimum absolute atomic E-state index is 0.0360. The van der Waals surface area contributed by atoms with Crippen molar-refractivity contribution in [3.63, 3.8) is 0 Å². The Morgan fingerprint density at radius 1 is 0.636 bits per heavy atom. The number of phenolic OH excluding ortho intramolecular Hbond substituents is 2. The molecule has 0 aliphatic carbocycles. The van der Waals surface area contributed by atoms with Gasteiger partial charge in [-0.3, -0.25) is 9.59 Å². The van der Waals surface area contributed by atoms with Crippen LogP contribution in [-0.4, -0.2) is 34.4 Å². The molecule has 0 aromatic heterocycles. The number of alkyl halides is 6. The maximum atomic E-state index is 14.8. The van der Waals surface area contributed by atoms with Crippen molar-refractivity contribution in [2.75, 3.05) is 16.8 Å². The lowest BCUT2D eigenvalue weighted by molar-refractivity contribution is -0.288. The number of aromatic hydroxyl groups is 2. The molecule has 0 aliphatic heterocycles. The Morgan fingerprint density at radius 3 is 1.59 bits per heavy atom. The predicted molar refractivity (Wildman–Crippen MR) is 150 cm³/mol. The Morgan fingerprint density at radius 2 is 1.09 bits per heavy atom. The van der Waals surface area contributed by atoms with E-state index in [2.05, 4.69) is 10.6 Å². The highest BCUT2D eigenvalue weighted by Gasteiger charge is 2.72. The van der Waals surface area contributed by atoms with Crippen molar-refractivity contribution in [3.05, 3.63) is 113 Å². The van der Waals surface area contributed by atoms with Gasteiger partial charge in [-0.1, -0.05) is 12.1 Å². The summed E-state index contributed by atoms with van der Waals surface area (Å²) in [6.45, 7) is -0.632. The van der Waals surface area contributed by atoms with Crippen LogP contribution in [0.5, 0.6) is 11.5 Å². The van der Waals surface area contributed by atoms with E-state index in [4.69, 9.17) is 11.5 Å². The van der Waals surface area contributed by atoms with E-state index >= 15 is 0 Å². The summed E-state index contributed by atoms with van der Waals surface area (Å²) < 4.78 is 88.9. The Hall–Kier alpha value is -5.40. The van der Waals surface area contributed by atoms with Gasteiger partial charge in [-0.15, -0.1) is 0 Å². The monoisotopic (exact) mass is 618 g/mol. The second-order valence-electron chi connectivity index (χ2n) is 9.70. The third kappa shape index (κ3) is 6.04. The van der Waals surface area contributed by atoms with E-state index in [0.29, 0.717) is 47.8 Å². The fourth-order valence-electron chi connectivity index (χ4n) is 4.55. The quantitative estimate of drug-likeness (QED) is 0.0869. The van der Waals surface area contributed by atoms with Gasteiger partial charge in [-0.05, 0) is 83.9 Å². The van der Waals surface area contributed by atoms with Crippen LogP contribution in [0.25, 0.3) is 0 Å². The largest absolute Gasteiger partial charge is 0.508 e. The van der Waals surface area contributed by atoms with Gasteiger partial charge in [-0.25, -0.2) is 0 Å². The number of phenols is 2. The molecular formula is C30H24F6N4O4. The standard InChI is InChI=1S/C30H24F6N4O4/c31-29(32,33)28(30(34,35)36,20-6-12-25(42)23(14-20)40-27(44)17-3-9-22(38)10-4-17)19-5-11-24(41)18(13-19)15-39-26(43)16-1-7-21(37)8-2-16/h1-14,41-42H,15,37-38H2,(H,39,43)(H,40,44). The van der Waals surface area contributed by atoms with Crippen LogP contribution in [-0.2, 0) is 12.0 Å². The summed E-state index contributed by atoms with van der Waals surface area (Å²) in [4.78, 5) is 25.1. The Labute approximate surface area is 245 Å². The predicted octanol–water partition coefficient (Wildman–Crippen LogP) is 5.86. The molecule has 0 bridgehead atoms. The zero-order valence-electron chi connectivity index (χ0n) is 22.4. The second-order valence-corrected chi connectivity index (χ2v) is 9.70. The van der Waals surface area contributed by atoms with Gasteiger partial charge >= 0.3 is 12.4 Å². The molecule has 0 saturated heterocycles. The number of amides is 2. The highest BCUT2D eigenvalue weighted by molar-refractivity contribution is 6.05. The number of nitrogen functional groups attached to an aromatic ring is 2. The van der Waals surface area contributed by atoms with Crippen molar-refractivity contribution < 1.29 is 46.1 Å². The molecule has 4 aromatic rings. The van der Waals surface area contributed by atoms with Crippen LogP contribution in [0.3, 0.4) is 0 Å². The van der Waals surface area contributed by atoms with E-state index in [1.165, 1.54) is 48.5 Å². The van der Waals surface area contributed by atoms with Crippen molar-refractivity contribution in [2.45, 2.75) is 24.3 Å². The lowest BCUT2D eigenvalue weighted by Gasteiger charge is -2.38. The molecular weight excluding hydrogens is 594 g/mol. The van der Waals surface area contributed by atoms with E-state index in [1.807, 2.05) is 0 Å². The summed E-state index contributed by atoms with van der Waals surface area (Å²) in [6, 6.07) is 13.8. The average Bonchev–Trinajstić information content (AvgIpc) is 2.94. The lowest BCUT2D eigenvalue weighted by atomic mass is 9.72. The topological polar surface area (TPSA) is 151 Å². The smallest absolute Gasteiger partial charge is 0.411 e. The average molecular weight is 619 g/mol. The molecule has 44 heavy (non-hydrogen) atoms. The van der Waals surface area contributed by atoms with Crippen LogP contribution >= 0.6 is 0 Å². The molecule has 0 heterocycles. The first-order valence-corrected chi connectivity index (χ1v) is 12.6. The lowest BCUT2D eigenvalue weighted by Crippen LogP contribution is -2.54. The number of nitrogens with one attached hydrogen (secondary N) is 2. The van der Waals surface area contributed by atoms with Crippen molar-refractivity contribution in [1.82, 2.24) is 5.32 Å². The molecule has 4 rings (SSSR count). The number of anilines is 3. The van der Waals surface area contributed by atoms with Crippen molar-refractivity contribution in [3.8, 4) is 11.5 Å². The minimum Gasteiger partial charge on any atom is -0.508 e. The normalized spacial score (nSPS) is 12.0. The molecule has 0 unspecified atom stereocenters. The van der Waals surface area contributed by atoms with Crippen LogP contribution in [0.15, 0.2) is 84.9 Å². The zero-order chi connectivity index (χ0) is 32.4. The molecule has 0 spiro atoms. The van der Waals surface area contributed by atoms with Crippen LogP contribution in [0.1, 0.15) is 37.4 Å². The van der Waals surface area contributed by atoms with E-state index in [9.17, 15) is 46.1 Å². The number of hydrogen-bond donors (Lipinski definition) is 6. The van der Waals surface area contributed by atoms with Crippen LogP contribution < -0.4 is 22.1 Å². The number of carbonyl (C=O) groups is 2. The Bertz CT molecular complexity index is 1670. The zero-order valence-corrected chi connectivity index (χ0v) is 22.4. The molecule has 14 heteroatoms. The highest BCUT2D eigenvalue weighted by Crippen LogP contribution is 2.57. The third-order valence-electron chi connectivity index (χ3n) is 6.83. The number of nitrogens with two attached hydrogens (primary N) is 2. The summed E-state index contributed by atoms with van der Waals surface area (Å²) in [5.41, 5.74) is 3.27. The van der Waals surface area contributed by atoms with Gasteiger partial charge < -0.3 is 32.3 Å². The molecule has 4 aromatic carbocycles. The van der Waals surface area contributed by atoms with Crippen molar-refractivity contribution >= 4 is 28.9 Å². The molecule has 0 fully saturated rings. The van der Waals surface area contributed by atoms with Crippen LogP contribution in [0.2, 0.25) is 0 Å². The number of halogens is 6. The van der Waals surface area contributed by atoms with Gasteiger partial charge in [0.2, 0.25) is 5.41 Å². The number of benzene rings is 4. The first-order chi connectivity index (χ1) is 20.5. The van der Waals surface area contributed by atoms with E-state index in [1.54, 1.807) is 0 Å². The van der Waals surface area contributed by atoms with Gasteiger partial charge in [0, 0.05) is 34.6 Å². The second kappa shape index (κ2) is 11.7. The molecule has 230 valence electrons. The van der Waals surface area contributed by atoms with Gasteiger partial charge in [0.25, 0.3) is 11.8 Å². The summed E-state index contributed by atoms with van der Waals surface area (Å²) in [5.74, 6) is -3.14. The van der Waals surface area contributed by atoms with Crippen LogP contribution in [0, 0.1) is 0 Å². The third-order valence-corrected chi connectivity index (χ3v) is 6.83. The fourth-order valence-corrected chi connectivity index (χ4v) is 4.55. The van der Waals surface area contributed by atoms with Crippen LogP contribution in [0.4, 0.5) is 43.4 Å². The number of rotatable bonds is 7. The van der Waals surface area contributed by atoms with Gasteiger partial charge in [0.1, 0.15) is 11.5 Å². The number of carbonyl (C=O) groups excluding carboxylic acids is 2. The van der Waals surface area contributed by atoms with Gasteiger partial charge in [0.05, 0.1) is 5.69 Å². The maximum Gasteiger partial charge on any atom is 0.411 e. The summed E-state index contributed by atoms with van der Waals surface area (Å²) >= 11 is 0. The molecule has 0 radical (unpaired) electrons. The van der Waals surface area contributed by atoms with Crippen molar-refractivity contribution in [1.29, 1.82) is 0 Å². The van der Waals surface area contributed by atoms with E-state index in [0.717, 1.165) is 0 Å². The molecule has 8 N–H and O–H groups in total. The Balaban J connectivity index is 1.79. The first-order valence-electron chi connectivity index (χ1n) is 12.6. The Kier molecular flexibility index (Phi) is 8.39. The fraction of sp³-hybridized carbons (Fsp3) is 0.133. The summed E-state index contributed by atoms with van der Waals surface area (Å²) in [6.07, 6.45) is -12.1. The summed E-state index contributed by atoms with van der Waals surface area (Å²) in [7, 11) is 0. The van der Waals surface area contributed by atoms with Gasteiger partial charge in [0.15, 0.2) is 0 Å². The van der Waals surface area contributed by atoms with E-state index in [-0.39, 0.29) is 11.1 Å².